The zero-order valence-electron chi connectivity index (χ0n) is 35.9. The molecule has 0 aliphatic carbocycles. The normalized spacial score (nSPS) is 11.9. The Bertz CT molecular complexity index is 4340. The van der Waals surface area contributed by atoms with Crippen LogP contribution in [0.25, 0.3) is 121 Å². The molecule has 66 heavy (non-hydrogen) atoms. The number of para-hydroxylation sites is 2. The Balaban J connectivity index is 1.14. The van der Waals surface area contributed by atoms with Gasteiger partial charge in [0.1, 0.15) is 0 Å². The summed E-state index contributed by atoms with van der Waals surface area (Å²) in [6.07, 6.45) is 0. The van der Waals surface area contributed by atoms with E-state index in [1.54, 1.807) is 0 Å². The van der Waals surface area contributed by atoms with Gasteiger partial charge in [0.2, 0.25) is 0 Å². The van der Waals surface area contributed by atoms with Gasteiger partial charge in [-0.1, -0.05) is 140 Å². The van der Waals surface area contributed by atoms with Gasteiger partial charge in [0.05, 0.1) is 33.4 Å². The van der Waals surface area contributed by atoms with Gasteiger partial charge in [-0.05, 0) is 125 Å². The Labute approximate surface area is 380 Å². The first-order valence-corrected chi connectivity index (χ1v) is 22.7. The zero-order valence-corrected chi connectivity index (χ0v) is 35.9. The molecule has 0 amide bonds. The fourth-order valence-electron chi connectivity index (χ4n) is 10.8. The second kappa shape index (κ2) is 14.3. The first-order valence-electron chi connectivity index (χ1n) is 22.7. The molecule has 0 radical (unpaired) electrons. The van der Waals surface area contributed by atoms with Gasteiger partial charge in [-0.2, -0.15) is 0 Å². The Kier molecular flexibility index (Phi) is 7.95. The maximum Gasteiger partial charge on any atom is 0.0562 e. The van der Waals surface area contributed by atoms with E-state index in [2.05, 4.69) is 261 Å². The third kappa shape index (κ3) is 5.52. The summed E-state index contributed by atoms with van der Waals surface area (Å²) in [7, 11) is 0. The average molecular weight is 841 g/mol. The highest BCUT2D eigenvalue weighted by Crippen LogP contribution is 2.39. The molecular formula is C62H40N4. The van der Waals surface area contributed by atoms with Crippen LogP contribution in [0.4, 0.5) is 0 Å². The van der Waals surface area contributed by atoms with Crippen LogP contribution in [-0.2, 0) is 0 Å². The van der Waals surface area contributed by atoms with E-state index in [-0.39, 0.29) is 0 Å². The third-order valence-corrected chi connectivity index (χ3v) is 13.7. The molecule has 14 aromatic rings. The Morgan fingerprint density at radius 3 is 1.33 bits per heavy atom. The second-order valence-corrected chi connectivity index (χ2v) is 17.4. The van der Waals surface area contributed by atoms with E-state index >= 15 is 0 Å². The highest BCUT2D eigenvalue weighted by Gasteiger charge is 2.18. The van der Waals surface area contributed by atoms with Crippen molar-refractivity contribution in [3.05, 3.63) is 243 Å². The molecule has 0 atom stereocenters. The first kappa shape index (κ1) is 36.6. The third-order valence-electron chi connectivity index (χ3n) is 13.7. The highest BCUT2D eigenvalue weighted by molar-refractivity contribution is 6.13. The van der Waals surface area contributed by atoms with Crippen LogP contribution in [0.3, 0.4) is 0 Å². The lowest BCUT2D eigenvalue weighted by Gasteiger charge is -2.15. The molecule has 14 rings (SSSR count). The van der Waals surface area contributed by atoms with Gasteiger partial charge in [0.25, 0.3) is 0 Å². The number of hydrogen-bond acceptors (Lipinski definition) is 0. The van der Waals surface area contributed by atoms with Crippen molar-refractivity contribution < 1.29 is 0 Å². The highest BCUT2D eigenvalue weighted by atomic mass is 15.0. The molecule has 0 fully saturated rings. The van der Waals surface area contributed by atoms with E-state index in [0.717, 1.165) is 66.5 Å². The van der Waals surface area contributed by atoms with E-state index in [1.165, 1.54) is 54.3 Å². The number of hydrogen-bond donors (Lipinski definition) is 0. The summed E-state index contributed by atoms with van der Waals surface area (Å²) in [6.45, 7) is 0. The molecule has 308 valence electrons. The minimum Gasteiger partial charge on any atom is -0.310 e. The second-order valence-electron chi connectivity index (χ2n) is 17.4. The van der Waals surface area contributed by atoms with Crippen LogP contribution in [0.5, 0.6) is 0 Å². The molecule has 0 saturated heterocycles. The van der Waals surface area contributed by atoms with Crippen molar-refractivity contribution in [3.8, 4) is 22.7 Å². The molecule has 0 spiro atoms. The maximum absolute atomic E-state index is 2.46. The standard InChI is InChI=1S/C62H40N4/c1-2-20-45(21-3-1)65-60-34-31-48-38-55(60)56-39-49(32-35-61(56)65)64(57-28-12-16-41-14-4-6-24-51(41)57)47-23-11-19-44(37-47)43-18-10-22-46(36-43)63(48)50-30-33-54-53-26-8-9-27-59(53)66(62(54)40-50)58-29-13-17-42-15-5-7-25-52(42)58/h1-40H. The van der Waals surface area contributed by atoms with Crippen LogP contribution in [0.15, 0.2) is 243 Å². The fraction of sp³-hybridized carbons (Fsp3) is 0. The van der Waals surface area contributed by atoms with Gasteiger partial charge in [-0.15, -0.1) is 0 Å². The molecule has 0 saturated carbocycles. The van der Waals surface area contributed by atoms with Crippen LogP contribution in [0.2, 0.25) is 0 Å². The van der Waals surface area contributed by atoms with Crippen molar-refractivity contribution in [2.75, 3.05) is 0 Å². The van der Waals surface area contributed by atoms with Gasteiger partial charge in [-0.3, -0.25) is 0 Å². The van der Waals surface area contributed by atoms with Crippen molar-refractivity contribution in [2.45, 2.75) is 0 Å². The lowest BCUT2D eigenvalue weighted by molar-refractivity contribution is 1.15. The summed E-state index contributed by atoms with van der Waals surface area (Å²) < 4.78 is 9.76. The first-order chi connectivity index (χ1) is 32.7. The van der Waals surface area contributed by atoms with Crippen LogP contribution < -0.4 is 0 Å². The molecule has 3 heterocycles. The zero-order chi connectivity index (χ0) is 43.3. The lowest BCUT2D eigenvalue weighted by atomic mass is 10.1. The Hall–Kier alpha value is -8.86. The van der Waals surface area contributed by atoms with Crippen LogP contribution >= 0.6 is 0 Å². The van der Waals surface area contributed by atoms with Crippen molar-refractivity contribution in [2.24, 2.45) is 0 Å². The number of aromatic nitrogens is 4. The lowest BCUT2D eigenvalue weighted by Crippen LogP contribution is -1.99. The van der Waals surface area contributed by atoms with E-state index in [9.17, 15) is 0 Å². The summed E-state index contributed by atoms with van der Waals surface area (Å²) in [4.78, 5) is 0. The minimum atomic E-state index is 1.08. The van der Waals surface area contributed by atoms with Gasteiger partial charge in [0.15, 0.2) is 0 Å². The number of rotatable bonds is 4. The summed E-state index contributed by atoms with van der Waals surface area (Å²) in [5.74, 6) is 0. The smallest absolute Gasteiger partial charge is 0.0562 e. The van der Waals surface area contributed by atoms with E-state index in [4.69, 9.17) is 0 Å². The average Bonchev–Trinajstić information content (AvgIpc) is 3.88. The summed E-state index contributed by atoms with van der Waals surface area (Å²) in [5, 5.41) is 12.0. The molecule has 0 aliphatic heterocycles. The number of nitrogens with zero attached hydrogens (tertiary/aromatic N) is 4. The van der Waals surface area contributed by atoms with Gasteiger partial charge < -0.3 is 18.3 Å². The van der Waals surface area contributed by atoms with Crippen LogP contribution in [0, 0.1) is 0 Å². The maximum atomic E-state index is 2.46. The fourth-order valence-corrected chi connectivity index (χ4v) is 10.8. The molecule has 4 nitrogen and oxygen atoms in total. The van der Waals surface area contributed by atoms with E-state index < -0.39 is 0 Å². The van der Waals surface area contributed by atoms with Gasteiger partial charge >= 0.3 is 0 Å². The summed E-state index contributed by atoms with van der Waals surface area (Å²) in [5.41, 5.74) is 13.5. The molecule has 8 bridgehead atoms. The van der Waals surface area contributed by atoms with Crippen molar-refractivity contribution in [3.63, 3.8) is 0 Å². The quantitative estimate of drug-likeness (QED) is 0.168. The molecule has 11 aromatic carbocycles. The molecule has 4 heteroatoms. The SMILES string of the molecule is c1ccc(-n2c3ccc4cc3c3cc(ccc32)n(-c2cccc3ccccc23)c2cccc(c2)c2cccc(c2)n4-c2ccc3c4ccccc4n(-c4cccc5ccccc45)c3c2)cc1. The molecule has 3 aromatic heterocycles. The van der Waals surface area contributed by atoms with Crippen molar-refractivity contribution >= 4 is 98.0 Å². The molecular weight excluding hydrogens is 801 g/mol. The molecule has 0 aliphatic rings. The number of benzene rings is 11. The number of fused-ring (bicyclic) bond motifs is 12. The monoisotopic (exact) mass is 840 g/mol. The van der Waals surface area contributed by atoms with E-state index in [1.807, 2.05) is 0 Å². The predicted molar refractivity (Wildman–Crippen MR) is 279 cm³/mol. The minimum absolute atomic E-state index is 1.08. The Morgan fingerprint density at radius 2 is 0.667 bits per heavy atom. The largest absolute Gasteiger partial charge is 0.310 e. The van der Waals surface area contributed by atoms with Crippen molar-refractivity contribution in [1.82, 2.24) is 18.3 Å². The van der Waals surface area contributed by atoms with Crippen LogP contribution in [0.1, 0.15) is 0 Å². The summed E-state index contributed by atoms with van der Waals surface area (Å²) >= 11 is 0. The van der Waals surface area contributed by atoms with E-state index in [0.29, 0.717) is 0 Å². The summed E-state index contributed by atoms with van der Waals surface area (Å²) in [6, 6.07) is 89.4. The van der Waals surface area contributed by atoms with Gasteiger partial charge in [-0.25, -0.2) is 0 Å². The Morgan fingerprint density at radius 1 is 0.197 bits per heavy atom. The molecule has 0 N–H and O–H groups in total. The predicted octanol–water partition coefficient (Wildman–Crippen LogP) is 16.4. The van der Waals surface area contributed by atoms with Crippen LogP contribution in [-0.4, -0.2) is 18.3 Å². The van der Waals surface area contributed by atoms with Crippen molar-refractivity contribution in [1.29, 1.82) is 0 Å². The topological polar surface area (TPSA) is 19.7 Å². The molecule has 0 unspecified atom stereocenters. The van der Waals surface area contributed by atoms with Gasteiger partial charge in [0, 0.05) is 65.8 Å².